The molecule has 160 valence electrons. The van der Waals surface area contributed by atoms with Crippen molar-refractivity contribution >= 4 is 27.7 Å². The Morgan fingerprint density at radius 1 is 1.13 bits per heavy atom. The lowest BCUT2D eigenvalue weighted by atomic mass is 10.0. The van der Waals surface area contributed by atoms with Gasteiger partial charge in [-0.2, -0.15) is 0 Å². The van der Waals surface area contributed by atoms with Crippen LogP contribution in [0.4, 0.5) is 0 Å². The van der Waals surface area contributed by atoms with Crippen LogP contribution < -0.4 is 10.1 Å². The lowest BCUT2D eigenvalue weighted by molar-refractivity contribution is 0.0695. The number of amides is 2. The van der Waals surface area contributed by atoms with E-state index in [9.17, 15) is 9.59 Å². The molecule has 0 spiro atoms. The van der Waals surface area contributed by atoms with Gasteiger partial charge in [0, 0.05) is 41.4 Å². The van der Waals surface area contributed by atoms with Crippen molar-refractivity contribution < 1.29 is 18.7 Å². The molecule has 1 aliphatic rings. The van der Waals surface area contributed by atoms with Crippen LogP contribution in [0, 0.1) is 6.92 Å². The number of rotatable bonds is 5. The molecule has 7 nitrogen and oxygen atoms in total. The smallest absolute Gasteiger partial charge is 0.287 e. The summed E-state index contributed by atoms with van der Waals surface area (Å²) in [6.07, 6.45) is 4.42. The third kappa shape index (κ3) is 5.14. The molecule has 0 bridgehead atoms. The Morgan fingerprint density at radius 2 is 1.87 bits per heavy atom. The van der Waals surface area contributed by atoms with Crippen LogP contribution in [-0.2, 0) is 0 Å². The van der Waals surface area contributed by atoms with Crippen molar-refractivity contribution in [1.82, 2.24) is 15.2 Å². The number of nitrogens with zero attached hydrogens (tertiary/aromatic N) is 2. The summed E-state index contributed by atoms with van der Waals surface area (Å²) in [5.74, 6) is 1.15. The van der Waals surface area contributed by atoms with E-state index in [1.807, 2.05) is 31.2 Å². The number of hydrogen-bond acceptors (Lipinski definition) is 5. The van der Waals surface area contributed by atoms with Crippen LogP contribution in [0.3, 0.4) is 0 Å². The molecule has 8 heteroatoms. The number of piperidine rings is 1. The van der Waals surface area contributed by atoms with Crippen LogP contribution in [0.15, 0.2) is 63.8 Å². The minimum Gasteiger partial charge on any atom is -0.459 e. The molecule has 1 N–H and O–H groups in total. The molecular weight excluding hydrogens is 462 g/mol. The third-order valence-corrected chi connectivity index (χ3v) is 5.73. The van der Waals surface area contributed by atoms with Gasteiger partial charge in [-0.3, -0.25) is 9.59 Å². The summed E-state index contributed by atoms with van der Waals surface area (Å²) < 4.78 is 11.9. The average molecular weight is 484 g/mol. The number of halogens is 1. The molecule has 2 amide bonds. The largest absolute Gasteiger partial charge is 0.459 e. The zero-order valence-electron chi connectivity index (χ0n) is 17.0. The number of likely N-dealkylation sites (tertiary alicyclic amines) is 1. The molecule has 4 rings (SSSR count). The second kappa shape index (κ2) is 9.34. The van der Waals surface area contributed by atoms with Crippen molar-refractivity contribution in [1.29, 1.82) is 0 Å². The molecule has 0 unspecified atom stereocenters. The SMILES string of the molecule is Cc1ccoc1C(=O)NC1CCN(C(=O)c2ccc(Oc3ccc(Br)cc3)nc2)CC1. The summed E-state index contributed by atoms with van der Waals surface area (Å²) in [5, 5.41) is 2.99. The molecule has 0 saturated carbocycles. The van der Waals surface area contributed by atoms with E-state index >= 15 is 0 Å². The van der Waals surface area contributed by atoms with Crippen LogP contribution in [-0.4, -0.2) is 40.8 Å². The van der Waals surface area contributed by atoms with Crippen molar-refractivity contribution in [2.75, 3.05) is 13.1 Å². The fraction of sp³-hybridized carbons (Fsp3) is 0.261. The van der Waals surface area contributed by atoms with E-state index in [1.165, 1.54) is 12.5 Å². The van der Waals surface area contributed by atoms with E-state index in [4.69, 9.17) is 9.15 Å². The fourth-order valence-electron chi connectivity index (χ4n) is 3.46. The monoisotopic (exact) mass is 483 g/mol. The molecule has 1 aromatic carbocycles. The minimum atomic E-state index is -0.210. The van der Waals surface area contributed by atoms with E-state index in [2.05, 4.69) is 26.2 Å². The van der Waals surface area contributed by atoms with Crippen LogP contribution in [0.1, 0.15) is 39.3 Å². The highest BCUT2D eigenvalue weighted by molar-refractivity contribution is 9.10. The van der Waals surface area contributed by atoms with Crippen molar-refractivity contribution in [2.24, 2.45) is 0 Å². The fourth-order valence-corrected chi connectivity index (χ4v) is 3.72. The molecule has 0 aliphatic carbocycles. The molecule has 2 aromatic heterocycles. The molecule has 1 saturated heterocycles. The molecule has 3 aromatic rings. The summed E-state index contributed by atoms with van der Waals surface area (Å²) in [5.41, 5.74) is 1.32. The van der Waals surface area contributed by atoms with Crippen molar-refractivity contribution in [2.45, 2.75) is 25.8 Å². The van der Waals surface area contributed by atoms with Gasteiger partial charge in [-0.25, -0.2) is 4.98 Å². The summed E-state index contributed by atoms with van der Waals surface area (Å²) in [6.45, 7) is 2.97. The first-order valence-corrected chi connectivity index (χ1v) is 10.8. The van der Waals surface area contributed by atoms with E-state index in [0.717, 1.165) is 10.0 Å². The topological polar surface area (TPSA) is 84.7 Å². The molecule has 1 aliphatic heterocycles. The third-order valence-electron chi connectivity index (χ3n) is 5.21. The predicted octanol–water partition coefficient (Wildman–Crippen LogP) is 4.57. The van der Waals surface area contributed by atoms with Crippen LogP contribution >= 0.6 is 15.9 Å². The Hall–Kier alpha value is -3.13. The number of ether oxygens (including phenoxy) is 1. The van der Waals surface area contributed by atoms with Gasteiger partial charge in [-0.15, -0.1) is 0 Å². The molecule has 0 radical (unpaired) electrons. The Morgan fingerprint density at radius 3 is 2.48 bits per heavy atom. The second-order valence-corrected chi connectivity index (χ2v) is 8.33. The molecule has 1 fully saturated rings. The zero-order valence-corrected chi connectivity index (χ0v) is 18.6. The van der Waals surface area contributed by atoms with Crippen molar-refractivity contribution in [3.63, 3.8) is 0 Å². The van der Waals surface area contributed by atoms with E-state index < -0.39 is 0 Å². The predicted molar refractivity (Wildman–Crippen MR) is 118 cm³/mol. The van der Waals surface area contributed by atoms with E-state index in [1.54, 1.807) is 23.1 Å². The van der Waals surface area contributed by atoms with Gasteiger partial charge in [0.2, 0.25) is 5.88 Å². The number of carbonyl (C=O) groups excluding carboxylic acids is 2. The van der Waals surface area contributed by atoms with Crippen molar-refractivity contribution in [3.05, 3.63) is 76.3 Å². The zero-order chi connectivity index (χ0) is 21.8. The second-order valence-electron chi connectivity index (χ2n) is 7.41. The van der Waals surface area contributed by atoms with Gasteiger partial charge in [-0.05, 0) is 56.2 Å². The quantitative estimate of drug-likeness (QED) is 0.574. The number of furan rings is 1. The van der Waals surface area contributed by atoms with Crippen LogP contribution in [0.25, 0.3) is 0 Å². The molecule has 0 atom stereocenters. The Kier molecular flexibility index (Phi) is 6.36. The first kappa shape index (κ1) is 21.1. The van der Waals surface area contributed by atoms with Crippen LogP contribution in [0.2, 0.25) is 0 Å². The minimum absolute atomic E-state index is 0.0147. The Balaban J connectivity index is 1.29. The standard InChI is InChI=1S/C23H22BrN3O4/c1-15-10-13-30-21(15)22(28)26-18-8-11-27(12-9-18)23(29)16-2-7-20(25-14-16)31-19-5-3-17(24)4-6-19/h2-7,10,13-14,18H,8-9,11-12H2,1H3,(H,26,28). The maximum absolute atomic E-state index is 12.8. The average Bonchev–Trinajstić information content (AvgIpc) is 3.22. The lowest BCUT2D eigenvalue weighted by Crippen LogP contribution is -2.46. The normalized spacial score (nSPS) is 14.3. The Bertz CT molecular complexity index is 1060. The number of carbonyl (C=O) groups is 2. The highest BCUT2D eigenvalue weighted by Gasteiger charge is 2.26. The number of pyridine rings is 1. The van der Waals surface area contributed by atoms with E-state index in [0.29, 0.717) is 48.9 Å². The van der Waals surface area contributed by atoms with Gasteiger partial charge in [0.1, 0.15) is 5.75 Å². The number of benzene rings is 1. The van der Waals surface area contributed by atoms with Crippen molar-refractivity contribution in [3.8, 4) is 11.6 Å². The molecular formula is C23H22BrN3O4. The van der Waals surface area contributed by atoms with Gasteiger partial charge in [0.15, 0.2) is 5.76 Å². The van der Waals surface area contributed by atoms with Gasteiger partial charge >= 0.3 is 0 Å². The summed E-state index contributed by atoms with van der Waals surface area (Å²) in [7, 11) is 0. The highest BCUT2D eigenvalue weighted by atomic mass is 79.9. The van der Waals surface area contributed by atoms with Gasteiger partial charge in [-0.1, -0.05) is 15.9 Å². The summed E-state index contributed by atoms with van der Waals surface area (Å²) in [4.78, 5) is 31.1. The number of aryl methyl sites for hydroxylation is 1. The number of hydrogen-bond donors (Lipinski definition) is 1. The van der Waals surface area contributed by atoms with Crippen LogP contribution in [0.5, 0.6) is 11.6 Å². The highest BCUT2D eigenvalue weighted by Crippen LogP contribution is 2.22. The van der Waals surface area contributed by atoms with Gasteiger partial charge < -0.3 is 19.4 Å². The summed E-state index contributed by atoms with van der Waals surface area (Å²) in [6, 6.07) is 12.6. The van der Waals surface area contributed by atoms with Gasteiger partial charge in [0.05, 0.1) is 11.8 Å². The maximum Gasteiger partial charge on any atom is 0.287 e. The molecule has 3 heterocycles. The first-order valence-electron chi connectivity index (χ1n) is 10.0. The van der Waals surface area contributed by atoms with Gasteiger partial charge in [0.25, 0.3) is 11.8 Å². The lowest BCUT2D eigenvalue weighted by Gasteiger charge is -2.32. The molecule has 31 heavy (non-hydrogen) atoms. The Labute approximate surface area is 188 Å². The first-order chi connectivity index (χ1) is 15.0. The number of nitrogens with one attached hydrogen (secondary N) is 1. The summed E-state index contributed by atoms with van der Waals surface area (Å²) >= 11 is 3.38. The van der Waals surface area contributed by atoms with E-state index in [-0.39, 0.29) is 17.9 Å². The maximum atomic E-state index is 12.8. The number of aromatic nitrogens is 1.